The number of nitrogens with two attached hydrogens (primary N) is 1. The summed E-state index contributed by atoms with van der Waals surface area (Å²) in [7, 11) is 0. The van der Waals surface area contributed by atoms with E-state index in [0.29, 0.717) is 0 Å². The standard InChI is InChI=1S/C16H22N4O5/c1-10(17)15(24)18-8-13(21)20-12(16(25)19-9-14(22)23)7-11-5-3-2-4-6-11/h2-6,10,12H,7-9,17H2,1H3,(H,18,24)(H,19,25)(H,20,21)(H,22,23). The fraction of sp³-hybridized carbons (Fsp3) is 0.375. The zero-order valence-electron chi connectivity index (χ0n) is 13.8. The van der Waals surface area contributed by atoms with Gasteiger partial charge < -0.3 is 26.8 Å². The van der Waals surface area contributed by atoms with E-state index in [2.05, 4.69) is 16.0 Å². The van der Waals surface area contributed by atoms with Gasteiger partial charge in [0, 0.05) is 6.42 Å². The third kappa shape index (κ3) is 7.93. The zero-order valence-corrected chi connectivity index (χ0v) is 13.8. The van der Waals surface area contributed by atoms with Crippen LogP contribution in [0, 0.1) is 0 Å². The van der Waals surface area contributed by atoms with Crippen LogP contribution in [0.25, 0.3) is 0 Å². The number of carboxylic acids is 1. The maximum Gasteiger partial charge on any atom is 0.322 e. The van der Waals surface area contributed by atoms with Gasteiger partial charge in [-0.05, 0) is 12.5 Å². The Morgan fingerprint density at radius 1 is 1.04 bits per heavy atom. The Bertz CT molecular complexity index is 618. The molecule has 0 aliphatic rings. The monoisotopic (exact) mass is 350 g/mol. The topological polar surface area (TPSA) is 151 Å². The minimum Gasteiger partial charge on any atom is -0.480 e. The zero-order chi connectivity index (χ0) is 18.8. The Balaban J connectivity index is 2.69. The van der Waals surface area contributed by atoms with E-state index < -0.39 is 42.3 Å². The minimum atomic E-state index is -1.19. The second kappa shape index (κ2) is 10.0. The molecule has 1 aromatic carbocycles. The highest BCUT2D eigenvalue weighted by Crippen LogP contribution is 2.03. The summed E-state index contributed by atoms with van der Waals surface area (Å²) >= 11 is 0. The molecule has 25 heavy (non-hydrogen) atoms. The number of carboxylic acid groups (broad SMARTS) is 1. The summed E-state index contributed by atoms with van der Waals surface area (Å²) in [6.45, 7) is 0.587. The Kier molecular flexibility index (Phi) is 8.07. The van der Waals surface area contributed by atoms with Crippen molar-refractivity contribution in [2.75, 3.05) is 13.1 Å². The summed E-state index contributed by atoms with van der Waals surface area (Å²) < 4.78 is 0. The van der Waals surface area contributed by atoms with Crippen LogP contribution in [-0.4, -0.2) is 54.0 Å². The lowest BCUT2D eigenvalue weighted by Gasteiger charge is -2.18. The minimum absolute atomic E-state index is 0.180. The van der Waals surface area contributed by atoms with Crippen molar-refractivity contribution in [2.24, 2.45) is 5.73 Å². The van der Waals surface area contributed by atoms with Crippen LogP contribution in [0.5, 0.6) is 0 Å². The molecule has 0 saturated heterocycles. The molecule has 2 atom stereocenters. The van der Waals surface area contributed by atoms with Crippen LogP contribution in [0.15, 0.2) is 30.3 Å². The van der Waals surface area contributed by atoms with Crippen LogP contribution in [0.2, 0.25) is 0 Å². The Morgan fingerprint density at radius 3 is 2.20 bits per heavy atom. The Hall–Kier alpha value is -2.94. The number of aliphatic carboxylic acids is 1. The molecule has 0 saturated carbocycles. The van der Waals surface area contributed by atoms with E-state index in [4.69, 9.17) is 10.8 Å². The fourth-order valence-electron chi connectivity index (χ4n) is 1.92. The first kappa shape index (κ1) is 20.1. The van der Waals surface area contributed by atoms with Gasteiger partial charge in [-0.2, -0.15) is 0 Å². The Morgan fingerprint density at radius 2 is 1.64 bits per heavy atom. The van der Waals surface area contributed by atoms with Gasteiger partial charge in [-0.25, -0.2) is 0 Å². The Labute approximate surface area is 145 Å². The number of carbonyl (C=O) groups excluding carboxylic acids is 3. The normalized spacial score (nSPS) is 12.6. The maximum atomic E-state index is 12.1. The third-order valence-electron chi connectivity index (χ3n) is 3.18. The molecule has 0 fully saturated rings. The highest BCUT2D eigenvalue weighted by atomic mass is 16.4. The van der Waals surface area contributed by atoms with Crippen LogP contribution in [-0.2, 0) is 25.6 Å². The molecule has 0 aliphatic heterocycles. The molecule has 0 spiro atoms. The molecule has 9 heteroatoms. The lowest BCUT2D eigenvalue weighted by molar-refractivity contribution is -0.138. The largest absolute Gasteiger partial charge is 0.480 e. The van der Waals surface area contributed by atoms with E-state index in [9.17, 15) is 19.2 Å². The van der Waals surface area contributed by atoms with E-state index in [1.807, 2.05) is 6.07 Å². The van der Waals surface area contributed by atoms with Gasteiger partial charge in [0.25, 0.3) is 0 Å². The summed E-state index contributed by atoms with van der Waals surface area (Å²) in [6.07, 6.45) is 0.180. The van der Waals surface area contributed by atoms with E-state index in [1.165, 1.54) is 6.92 Å². The van der Waals surface area contributed by atoms with Crippen LogP contribution in [0.4, 0.5) is 0 Å². The maximum absolute atomic E-state index is 12.1. The van der Waals surface area contributed by atoms with Crippen molar-refractivity contribution in [2.45, 2.75) is 25.4 Å². The van der Waals surface area contributed by atoms with Gasteiger partial charge in [-0.15, -0.1) is 0 Å². The lowest BCUT2D eigenvalue weighted by atomic mass is 10.1. The van der Waals surface area contributed by atoms with Crippen LogP contribution in [0.1, 0.15) is 12.5 Å². The predicted octanol–water partition coefficient (Wildman–Crippen LogP) is -1.62. The third-order valence-corrected chi connectivity index (χ3v) is 3.18. The van der Waals surface area contributed by atoms with Crippen molar-refractivity contribution in [3.05, 3.63) is 35.9 Å². The molecule has 2 unspecified atom stereocenters. The summed E-state index contributed by atoms with van der Waals surface area (Å²) in [5.74, 6) is -2.90. The predicted molar refractivity (Wildman–Crippen MR) is 89.4 cm³/mol. The smallest absolute Gasteiger partial charge is 0.322 e. The van der Waals surface area contributed by atoms with Crippen molar-refractivity contribution in [1.29, 1.82) is 0 Å². The second-order valence-electron chi connectivity index (χ2n) is 5.43. The molecule has 1 rings (SSSR count). The quantitative estimate of drug-likeness (QED) is 0.361. The summed E-state index contributed by atoms with van der Waals surface area (Å²) in [6, 6.07) is 7.21. The van der Waals surface area contributed by atoms with Gasteiger partial charge in [0.1, 0.15) is 12.6 Å². The lowest BCUT2D eigenvalue weighted by Crippen LogP contribution is -2.52. The summed E-state index contributed by atoms with van der Waals surface area (Å²) in [5.41, 5.74) is 6.17. The van der Waals surface area contributed by atoms with Crippen LogP contribution < -0.4 is 21.7 Å². The highest BCUT2D eigenvalue weighted by Gasteiger charge is 2.22. The van der Waals surface area contributed by atoms with Crippen LogP contribution in [0.3, 0.4) is 0 Å². The van der Waals surface area contributed by atoms with Gasteiger partial charge in [-0.3, -0.25) is 19.2 Å². The SMILES string of the molecule is CC(N)C(=O)NCC(=O)NC(Cc1ccccc1)C(=O)NCC(=O)O. The molecule has 9 nitrogen and oxygen atoms in total. The van der Waals surface area contributed by atoms with E-state index in [1.54, 1.807) is 24.3 Å². The number of hydrogen-bond acceptors (Lipinski definition) is 5. The van der Waals surface area contributed by atoms with Gasteiger partial charge in [0.15, 0.2) is 0 Å². The molecule has 136 valence electrons. The van der Waals surface area contributed by atoms with Crippen LogP contribution >= 0.6 is 0 Å². The van der Waals surface area contributed by atoms with E-state index in [-0.39, 0.29) is 13.0 Å². The molecule has 0 bridgehead atoms. The average Bonchev–Trinajstić information content (AvgIpc) is 2.57. The molecule has 0 aromatic heterocycles. The highest BCUT2D eigenvalue weighted by molar-refractivity contribution is 5.92. The molecule has 0 radical (unpaired) electrons. The molecule has 3 amide bonds. The second-order valence-corrected chi connectivity index (χ2v) is 5.43. The van der Waals surface area contributed by atoms with Crippen molar-refractivity contribution in [3.63, 3.8) is 0 Å². The molecular weight excluding hydrogens is 328 g/mol. The first-order chi connectivity index (χ1) is 11.8. The number of hydrogen-bond donors (Lipinski definition) is 5. The van der Waals surface area contributed by atoms with Crippen molar-refractivity contribution in [1.82, 2.24) is 16.0 Å². The molecular formula is C16H22N4O5. The van der Waals surface area contributed by atoms with Crippen molar-refractivity contribution < 1.29 is 24.3 Å². The average molecular weight is 350 g/mol. The van der Waals surface area contributed by atoms with Gasteiger partial charge in [0.05, 0.1) is 12.6 Å². The number of benzene rings is 1. The number of amides is 3. The first-order valence-electron chi connectivity index (χ1n) is 7.65. The van der Waals surface area contributed by atoms with E-state index in [0.717, 1.165) is 5.56 Å². The van der Waals surface area contributed by atoms with Gasteiger partial charge in [-0.1, -0.05) is 30.3 Å². The summed E-state index contributed by atoms with van der Waals surface area (Å²) in [4.78, 5) is 46.0. The van der Waals surface area contributed by atoms with Crippen molar-refractivity contribution in [3.8, 4) is 0 Å². The number of carbonyl (C=O) groups is 4. The number of rotatable bonds is 9. The van der Waals surface area contributed by atoms with Gasteiger partial charge in [0.2, 0.25) is 17.7 Å². The molecule has 6 N–H and O–H groups in total. The van der Waals surface area contributed by atoms with Gasteiger partial charge >= 0.3 is 5.97 Å². The van der Waals surface area contributed by atoms with E-state index >= 15 is 0 Å². The molecule has 0 heterocycles. The first-order valence-corrected chi connectivity index (χ1v) is 7.65. The molecule has 1 aromatic rings. The fourth-order valence-corrected chi connectivity index (χ4v) is 1.92. The number of nitrogens with one attached hydrogen (secondary N) is 3. The molecule has 0 aliphatic carbocycles. The summed E-state index contributed by atoms with van der Waals surface area (Å²) in [5, 5.41) is 15.7. The van der Waals surface area contributed by atoms with Crippen molar-refractivity contribution >= 4 is 23.7 Å².